The molecule has 0 bridgehead atoms. The van der Waals surface area contributed by atoms with E-state index in [4.69, 9.17) is 31.0 Å². The Morgan fingerprint density at radius 2 is 1.58 bits per heavy atom. The van der Waals surface area contributed by atoms with Crippen LogP contribution in [0.4, 0.5) is 15.4 Å². The number of imidazole rings is 1. The number of phosphoric acid groups is 3. The summed E-state index contributed by atoms with van der Waals surface area (Å²) in [5.74, 6) is -2.86. The summed E-state index contributed by atoms with van der Waals surface area (Å²) in [5, 5.41) is 31.5. The zero-order valence-corrected chi connectivity index (χ0v) is 46.0. The number of nitrogens with one attached hydrogen (secondary N) is 4. The fourth-order valence-corrected chi connectivity index (χ4v) is 10.9. The number of guanidine groups is 1. The first-order valence-corrected chi connectivity index (χ1v) is 28.9. The minimum absolute atomic E-state index is 0.000243. The molecule has 2 aliphatic rings. The van der Waals surface area contributed by atoms with Crippen molar-refractivity contribution >= 4 is 93.4 Å². The van der Waals surface area contributed by atoms with Gasteiger partial charge in [-0.25, -0.2) is 38.2 Å². The number of thioether (sulfide) groups is 1. The van der Waals surface area contributed by atoms with Gasteiger partial charge in [0.1, 0.15) is 48.6 Å². The summed E-state index contributed by atoms with van der Waals surface area (Å²) in [4.78, 5) is 135. The van der Waals surface area contributed by atoms with Crippen molar-refractivity contribution in [3.63, 3.8) is 0 Å². The van der Waals surface area contributed by atoms with Gasteiger partial charge >= 0.3 is 35.5 Å². The Morgan fingerprint density at radius 3 is 2.19 bits per heavy atom. The van der Waals surface area contributed by atoms with Crippen molar-refractivity contribution in [2.45, 2.75) is 96.1 Å². The highest BCUT2D eigenvalue weighted by Gasteiger charge is 2.50. The van der Waals surface area contributed by atoms with Crippen molar-refractivity contribution < 1.29 is 94.9 Å². The zero-order chi connectivity index (χ0) is 57.7. The molecule has 4 rings (SSSR count). The summed E-state index contributed by atoms with van der Waals surface area (Å²) in [6.07, 6.45) is -6.37. The molecule has 9 atom stereocenters. The van der Waals surface area contributed by atoms with Crippen LogP contribution in [0.25, 0.3) is 11.2 Å². The molecule has 77 heavy (non-hydrogen) atoms. The number of hydrogen-bond donors (Lipinski definition) is 13. The summed E-state index contributed by atoms with van der Waals surface area (Å²) >= 11 is 0.743. The predicted octanol–water partition coefficient (Wildman–Crippen LogP) is -2.26. The average molecular weight is 1180 g/mol. The smallest absolute Gasteiger partial charge is 0.386 e. The van der Waals surface area contributed by atoms with Crippen LogP contribution in [0.5, 0.6) is 0 Å². The number of phosphoric ester groups is 3. The maximum Gasteiger partial charge on any atom is 0.481 e. The van der Waals surface area contributed by atoms with E-state index in [9.17, 15) is 72.2 Å². The quantitative estimate of drug-likeness (QED) is 0.0148. The average Bonchev–Trinajstić information content (AvgIpc) is 3.89. The van der Waals surface area contributed by atoms with Crippen LogP contribution in [0.1, 0.15) is 60.1 Å². The molecule has 2 saturated heterocycles. The number of rotatable bonds is 27. The second-order valence-electron chi connectivity index (χ2n) is 19.1. The standard InChI is InChI=1S/C39H67N14O20P3S/c1-38(2,3)50-37(61)52-14-12-51(13-15-52)36(60)49-25(22(17-54)7-6-9-45-35(41)42)34(59)77-16-11-43-24(55)8-10-44-32(58)29(57)39(4,5)19-70-76(67,68)73-75(65,66)69-18-23-28(72-74(62,63)64)27(56)33(71-23)53-21-48-26-30(40)46-20-47-31(26)53/h17,20-23,25,27-29,33,56-57H,6-16,18-19H2,1-5H3,(H,43,55)(H,44,58)(H,49,60)(H,50,61)(H,65,66)(H,67,68)(H2,40,46,47)(H4,41,42,45)(H2,62,63,64). The van der Waals surface area contributed by atoms with Crippen LogP contribution in [0.2, 0.25) is 0 Å². The van der Waals surface area contributed by atoms with E-state index in [1.807, 2.05) is 20.8 Å². The number of hydrogen-bond acceptors (Lipinski definition) is 22. The number of aliphatic hydroxyl groups is 2. The van der Waals surface area contributed by atoms with Gasteiger partial charge < -0.3 is 87.6 Å². The van der Waals surface area contributed by atoms with Crippen LogP contribution in [0.3, 0.4) is 0 Å². The van der Waals surface area contributed by atoms with Crippen molar-refractivity contribution in [1.29, 1.82) is 0 Å². The van der Waals surface area contributed by atoms with E-state index in [1.54, 1.807) is 4.90 Å². The van der Waals surface area contributed by atoms with E-state index in [0.717, 1.165) is 29.0 Å². The Bertz CT molecular complexity index is 2580. The summed E-state index contributed by atoms with van der Waals surface area (Å²) in [7, 11) is -16.6. The number of ether oxygens (including phenoxy) is 1. The number of aliphatic hydroxyl groups excluding tert-OH is 2. The van der Waals surface area contributed by atoms with Crippen molar-refractivity contribution in [2.75, 3.05) is 70.5 Å². The minimum Gasteiger partial charge on any atom is -0.386 e. The molecule has 2 fully saturated rings. The van der Waals surface area contributed by atoms with Gasteiger partial charge in [0, 0.05) is 74.9 Å². The Hall–Kier alpha value is -4.96. The number of amides is 6. The van der Waals surface area contributed by atoms with E-state index in [2.05, 4.69) is 50.0 Å². The van der Waals surface area contributed by atoms with Crippen molar-refractivity contribution in [2.24, 2.45) is 27.8 Å². The first-order valence-electron chi connectivity index (χ1n) is 23.4. The molecule has 0 radical (unpaired) electrons. The summed E-state index contributed by atoms with van der Waals surface area (Å²) in [6, 6.07) is -2.19. The fraction of sp³-hybridized carbons (Fsp3) is 0.692. The molecule has 16 N–H and O–H groups in total. The van der Waals surface area contributed by atoms with E-state index in [1.165, 1.54) is 18.7 Å². The van der Waals surface area contributed by atoms with Gasteiger partial charge in [0.2, 0.25) is 16.9 Å². The number of anilines is 1. The molecule has 0 spiro atoms. The second kappa shape index (κ2) is 27.8. The Labute approximate surface area is 444 Å². The number of urea groups is 2. The lowest BCUT2D eigenvalue weighted by Gasteiger charge is -2.37. The van der Waals surface area contributed by atoms with Gasteiger partial charge in [-0.2, -0.15) is 4.31 Å². The van der Waals surface area contributed by atoms with E-state index in [0.29, 0.717) is 12.7 Å². The van der Waals surface area contributed by atoms with Gasteiger partial charge in [-0.05, 0) is 33.6 Å². The minimum atomic E-state index is -5.64. The molecule has 0 aliphatic carbocycles. The molecule has 38 heteroatoms. The summed E-state index contributed by atoms with van der Waals surface area (Å²) < 4.78 is 62.6. The SMILES string of the molecule is CC(C)(C)NC(=O)N1CCN(C(=O)NC(C(=O)SCCNC(=O)CCNC(=O)C(O)C(C)(C)COP(=O)(O)OP(=O)(O)OCC2OC(n3cnc4c(N)ncnc43)C(O)C2OP(=O)(O)O)C(C=O)CCCN=C(N)N)CC1. The van der Waals surface area contributed by atoms with E-state index < -0.39 is 113 Å². The molecule has 6 amide bonds. The fourth-order valence-electron chi connectivity index (χ4n) is 7.30. The monoisotopic (exact) mass is 1180 g/mol. The van der Waals surface area contributed by atoms with Crippen LogP contribution >= 0.6 is 35.2 Å². The largest absolute Gasteiger partial charge is 0.481 e. The van der Waals surface area contributed by atoms with E-state index in [-0.39, 0.29) is 93.4 Å². The molecular weight excluding hydrogens is 1110 g/mol. The predicted molar refractivity (Wildman–Crippen MR) is 270 cm³/mol. The van der Waals surface area contributed by atoms with Crippen molar-refractivity contribution in [3.05, 3.63) is 12.7 Å². The molecule has 0 saturated carbocycles. The molecule has 2 aromatic rings. The number of nitrogens with two attached hydrogens (primary N) is 3. The molecule has 2 aromatic heterocycles. The number of nitrogens with zero attached hydrogens (tertiary/aromatic N) is 7. The number of nitrogen functional groups attached to an aromatic ring is 1. The highest BCUT2D eigenvalue weighted by Crippen LogP contribution is 2.61. The molecule has 34 nitrogen and oxygen atoms in total. The normalized spacial score (nSPS) is 21.0. The van der Waals surface area contributed by atoms with Gasteiger partial charge in [0.05, 0.1) is 19.5 Å². The lowest BCUT2D eigenvalue weighted by molar-refractivity contribution is -0.137. The van der Waals surface area contributed by atoms with Crippen LogP contribution in [0.15, 0.2) is 17.6 Å². The zero-order valence-electron chi connectivity index (χ0n) is 42.5. The molecule has 9 unspecified atom stereocenters. The van der Waals surface area contributed by atoms with Gasteiger partial charge in [-0.3, -0.25) is 37.5 Å². The van der Waals surface area contributed by atoms with Gasteiger partial charge in [0.25, 0.3) is 0 Å². The Kier molecular flexibility index (Phi) is 23.3. The van der Waals surface area contributed by atoms with Crippen LogP contribution in [-0.4, -0.2) is 201 Å². The van der Waals surface area contributed by atoms with Gasteiger partial charge in [-0.1, -0.05) is 25.6 Å². The summed E-state index contributed by atoms with van der Waals surface area (Å²) in [6.45, 7) is 6.32. The van der Waals surface area contributed by atoms with Crippen LogP contribution < -0.4 is 38.5 Å². The number of piperazine rings is 1. The Balaban J connectivity index is 1.22. The van der Waals surface area contributed by atoms with Crippen molar-refractivity contribution in [1.82, 2.24) is 50.6 Å². The summed E-state index contributed by atoms with van der Waals surface area (Å²) in [5.41, 5.74) is 14.4. The lowest BCUT2D eigenvalue weighted by Crippen LogP contribution is -2.59. The van der Waals surface area contributed by atoms with Crippen molar-refractivity contribution in [3.8, 4) is 0 Å². The molecule has 2 aliphatic heterocycles. The van der Waals surface area contributed by atoms with Gasteiger partial charge in [-0.15, -0.1) is 0 Å². The molecule has 0 aromatic carbocycles. The molecular formula is C39H67N14O20P3S. The number of carbonyl (C=O) groups excluding carboxylic acids is 6. The highest BCUT2D eigenvalue weighted by molar-refractivity contribution is 8.13. The van der Waals surface area contributed by atoms with Gasteiger partial charge in [0.15, 0.2) is 23.7 Å². The lowest BCUT2D eigenvalue weighted by atomic mass is 9.87. The topological polar surface area (TPSA) is 510 Å². The number of aliphatic imine (C=N–C) groups is 1. The third kappa shape index (κ3) is 20.3. The number of aromatic nitrogens is 4. The molecule has 4 heterocycles. The highest BCUT2D eigenvalue weighted by atomic mass is 32.2. The van der Waals surface area contributed by atoms with Crippen LogP contribution in [0, 0.1) is 11.3 Å². The van der Waals surface area contributed by atoms with Crippen LogP contribution in [-0.2, 0) is 55.5 Å². The maximum atomic E-state index is 13.5. The van der Waals surface area contributed by atoms with E-state index >= 15 is 0 Å². The number of carbonyl (C=O) groups is 6. The molecule has 434 valence electrons. The number of aldehydes is 1. The third-order valence-electron chi connectivity index (χ3n) is 11.2. The third-order valence-corrected chi connectivity index (χ3v) is 15.3. The first-order chi connectivity index (χ1) is 35.7. The number of fused-ring (bicyclic) bond motifs is 1. The second-order valence-corrected chi connectivity index (χ2v) is 24.4. The first kappa shape index (κ1) is 64.6. The Morgan fingerprint density at radius 1 is 0.948 bits per heavy atom. The maximum absolute atomic E-state index is 13.5.